The SMILES string of the molecule is CSC[C@@H](O)[C@H](O)CNCc1cnc2c[nH]cnc1-2. The minimum atomic E-state index is -0.761. The van der Waals surface area contributed by atoms with E-state index in [9.17, 15) is 10.2 Å². The van der Waals surface area contributed by atoms with Crippen LogP contribution in [0.5, 0.6) is 0 Å². The molecule has 0 radical (unpaired) electrons. The Kier molecular flexibility index (Phi) is 5.15. The Bertz CT molecular complexity index is 479. The van der Waals surface area contributed by atoms with Crippen LogP contribution in [0.15, 0.2) is 18.7 Å². The van der Waals surface area contributed by atoms with Crippen LogP contribution < -0.4 is 5.32 Å². The molecule has 0 amide bonds. The third kappa shape index (κ3) is 3.66. The zero-order valence-electron chi connectivity index (χ0n) is 10.7. The van der Waals surface area contributed by atoms with Gasteiger partial charge in [0.15, 0.2) is 0 Å². The number of nitrogens with one attached hydrogen (secondary N) is 2. The first kappa shape index (κ1) is 14.3. The van der Waals surface area contributed by atoms with Crippen LogP contribution in [0.25, 0.3) is 11.4 Å². The quantitative estimate of drug-likeness (QED) is 0.575. The second-order valence-corrected chi connectivity index (χ2v) is 5.22. The van der Waals surface area contributed by atoms with Crippen molar-refractivity contribution in [3.8, 4) is 11.4 Å². The summed E-state index contributed by atoms with van der Waals surface area (Å²) in [7, 11) is 0. The first-order valence-corrected chi connectivity index (χ1v) is 7.44. The largest absolute Gasteiger partial charge is 0.390 e. The smallest absolute Gasteiger partial charge is 0.105 e. The molecule has 0 bridgehead atoms. The van der Waals surface area contributed by atoms with Gasteiger partial charge < -0.3 is 20.5 Å². The van der Waals surface area contributed by atoms with Crippen molar-refractivity contribution in [2.45, 2.75) is 18.8 Å². The highest BCUT2D eigenvalue weighted by molar-refractivity contribution is 7.98. The molecule has 0 saturated carbocycles. The average Bonchev–Trinajstić information content (AvgIpc) is 2.82. The number of nitrogens with zero attached hydrogens (tertiary/aromatic N) is 2. The van der Waals surface area contributed by atoms with Crippen molar-refractivity contribution in [3.05, 3.63) is 24.3 Å². The molecule has 2 aliphatic rings. The van der Waals surface area contributed by atoms with Crippen LogP contribution in [-0.4, -0.2) is 55.9 Å². The van der Waals surface area contributed by atoms with Gasteiger partial charge >= 0.3 is 0 Å². The Balaban J connectivity index is 1.83. The highest BCUT2D eigenvalue weighted by Gasteiger charge is 2.16. The van der Waals surface area contributed by atoms with Gasteiger partial charge in [-0.05, 0) is 6.26 Å². The van der Waals surface area contributed by atoms with Crippen molar-refractivity contribution < 1.29 is 10.2 Å². The van der Waals surface area contributed by atoms with Crippen LogP contribution in [0.1, 0.15) is 5.56 Å². The van der Waals surface area contributed by atoms with Gasteiger partial charge in [-0.2, -0.15) is 11.8 Å². The normalized spacial score (nSPS) is 14.7. The fourth-order valence-corrected chi connectivity index (χ4v) is 2.37. The summed E-state index contributed by atoms with van der Waals surface area (Å²) in [5, 5.41) is 22.4. The molecule has 0 aliphatic carbocycles. The Hall–Kier alpha value is -1.15. The van der Waals surface area contributed by atoms with Gasteiger partial charge in [-0.15, -0.1) is 0 Å². The summed E-state index contributed by atoms with van der Waals surface area (Å²) >= 11 is 1.51. The summed E-state index contributed by atoms with van der Waals surface area (Å²) in [4.78, 5) is 11.3. The number of fused-ring (bicyclic) bond motifs is 1. The highest BCUT2D eigenvalue weighted by Crippen LogP contribution is 2.20. The van der Waals surface area contributed by atoms with Crippen molar-refractivity contribution in [1.82, 2.24) is 20.3 Å². The zero-order valence-corrected chi connectivity index (χ0v) is 11.5. The van der Waals surface area contributed by atoms with E-state index in [-0.39, 0.29) is 0 Å². The molecule has 104 valence electrons. The zero-order chi connectivity index (χ0) is 13.7. The van der Waals surface area contributed by atoms with Crippen LogP contribution >= 0.6 is 11.8 Å². The average molecular weight is 282 g/mol. The molecule has 2 rings (SSSR count). The van der Waals surface area contributed by atoms with E-state index in [0.29, 0.717) is 18.8 Å². The van der Waals surface area contributed by atoms with E-state index < -0.39 is 12.2 Å². The number of hydrogen-bond donors (Lipinski definition) is 4. The third-order valence-electron chi connectivity index (χ3n) is 2.84. The van der Waals surface area contributed by atoms with Crippen LogP contribution in [0.4, 0.5) is 0 Å². The molecule has 7 heteroatoms. The third-order valence-corrected chi connectivity index (χ3v) is 3.52. The minimum Gasteiger partial charge on any atom is -0.390 e. The van der Waals surface area contributed by atoms with Crippen molar-refractivity contribution in [2.24, 2.45) is 0 Å². The Morgan fingerprint density at radius 1 is 1.37 bits per heavy atom. The first-order valence-electron chi connectivity index (χ1n) is 6.04. The fourth-order valence-electron chi connectivity index (χ4n) is 1.81. The number of H-pyrrole nitrogens is 1. The predicted octanol–water partition coefficient (Wildman–Crippen LogP) is 0.0839. The van der Waals surface area contributed by atoms with Crippen LogP contribution in [0, 0.1) is 0 Å². The molecule has 2 atom stereocenters. The summed E-state index contributed by atoms with van der Waals surface area (Å²) < 4.78 is 0. The highest BCUT2D eigenvalue weighted by atomic mass is 32.2. The lowest BCUT2D eigenvalue weighted by Crippen LogP contribution is -2.37. The van der Waals surface area contributed by atoms with Gasteiger partial charge in [0, 0.05) is 36.8 Å². The Morgan fingerprint density at radius 2 is 2.21 bits per heavy atom. The number of hydrogen-bond acceptors (Lipinski definition) is 6. The number of thioether (sulfide) groups is 1. The molecule has 0 aromatic heterocycles. The van der Waals surface area contributed by atoms with Crippen molar-refractivity contribution >= 4 is 11.8 Å². The summed E-state index contributed by atoms with van der Waals surface area (Å²) in [5.41, 5.74) is 2.66. The maximum atomic E-state index is 9.73. The van der Waals surface area contributed by atoms with E-state index in [1.165, 1.54) is 11.8 Å². The lowest BCUT2D eigenvalue weighted by Gasteiger charge is -2.17. The minimum absolute atomic E-state index is 0.341. The van der Waals surface area contributed by atoms with Gasteiger partial charge in [0.05, 0.1) is 24.2 Å². The predicted molar refractivity (Wildman–Crippen MR) is 75.1 cm³/mol. The van der Waals surface area contributed by atoms with Crippen LogP contribution in [0.3, 0.4) is 0 Å². The molecule has 0 aromatic rings. The van der Waals surface area contributed by atoms with E-state index in [4.69, 9.17) is 0 Å². The number of rotatable bonds is 7. The monoisotopic (exact) mass is 282 g/mol. The molecule has 4 N–H and O–H groups in total. The Labute approximate surface area is 116 Å². The van der Waals surface area contributed by atoms with Gasteiger partial charge in [-0.1, -0.05) is 0 Å². The second-order valence-electron chi connectivity index (χ2n) is 4.31. The van der Waals surface area contributed by atoms with E-state index in [2.05, 4.69) is 20.3 Å². The summed E-state index contributed by atoms with van der Waals surface area (Å²) in [5.74, 6) is 0.529. The maximum absolute atomic E-state index is 9.73. The lowest BCUT2D eigenvalue weighted by atomic mass is 10.2. The number of aromatic amines is 1. The topological polar surface area (TPSA) is 94.1 Å². The van der Waals surface area contributed by atoms with Crippen LogP contribution in [-0.2, 0) is 6.54 Å². The first-order chi connectivity index (χ1) is 9.22. The molecule has 0 spiro atoms. The van der Waals surface area contributed by atoms with E-state index >= 15 is 0 Å². The molecule has 0 unspecified atom stereocenters. The molecule has 0 fully saturated rings. The van der Waals surface area contributed by atoms with E-state index in [0.717, 1.165) is 17.0 Å². The van der Waals surface area contributed by atoms with Gasteiger partial charge in [0.1, 0.15) is 5.69 Å². The number of aromatic nitrogens is 3. The molecule has 0 aromatic carbocycles. The number of aliphatic hydroxyl groups excluding tert-OH is 2. The van der Waals surface area contributed by atoms with Crippen molar-refractivity contribution in [1.29, 1.82) is 0 Å². The van der Waals surface area contributed by atoms with Crippen molar-refractivity contribution in [2.75, 3.05) is 18.6 Å². The molecular formula is C12H18N4O2S. The second kappa shape index (κ2) is 6.85. The van der Waals surface area contributed by atoms with Crippen molar-refractivity contribution in [3.63, 3.8) is 0 Å². The molecule has 6 nitrogen and oxygen atoms in total. The summed E-state index contributed by atoms with van der Waals surface area (Å²) in [6.07, 6.45) is 5.61. The van der Waals surface area contributed by atoms with Gasteiger partial charge in [-0.3, -0.25) is 4.98 Å². The fraction of sp³-hybridized carbons (Fsp3) is 0.500. The van der Waals surface area contributed by atoms with Crippen LogP contribution in [0.2, 0.25) is 0 Å². The van der Waals surface area contributed by atoms with Gasteiger partial charge in [0.2, 0.25) is 0 Å². The van der Waals surface area contributed by atoms with Gasteiger partial charge in [-0.25, -0.2) is 4.98 Å². The summed E-state index contributed by atoms with van der Waals surface area (Å²) in [6, 6.07) is 0. The number of aliphatic hydroxyl groups is 2. The summed E-state index contributed by atoms with van der Waals surface area (Å²) in [6.45, 7) is 0.907. The standard InChI is InChI=1S/C12H18N4O2S/c1-19-6-11(18)10(17)5-13-2-8-3-15-9-4-14-7-16-12(8)9/h3-4,7,10-11,13,17-18H,2,5-6H2,1H3,(H,14,16)/t10-,11-/m1/s1. The maximum Gasteiger partial charge on any atom is 0.105 e. The van der Waals surface area contributed by atoms with Gasteiger partial charge in [0.25, 0.3) is 0 Å². The molecule has 0 saturated heterocycles. The van der Waals surface area contributed by atoms with E-state index in [1.54, 1.807) is 18.7 Å². The Morgan fingerprint density at radius 3 is 3.00 bits per heavy atom. The molecular weight excluding hydrogens is 264 g/mol. The molecule has 19 heavy (non-hydrogen) atoms. The molecule has 2 aliphatic heterocycles. The lowest BCUT2D eigenvalue weighted by molar-refractivity contribution is 0.0347. The van der Waals surface area contributed by atoms with E-state index in [1.807, 2.05) is 6.26 Å². The molecule has 2 heterocycles.